The van der Waals surface area contributed by atoms with Gasteiger partial charge in [-0.1, -0.05) is 23.7 Å². The zero-order valence-electron chi connectivity index (χ0n) is 11.6. The van der Waals surface area contributed by atoms with Crippen LogP contribution in [0.4, 0.5) is 0 Å². The molecule has 0 spiro atoms. The Morgan fingerprint density at radius 1 is 1.43 bits per heavy atom. The molecule has 21 heavy (non-hydrogen) atoms. The van der Waals surface area contributed by atoms with E-state index in [9.17, 15) is 5.11 Å². The van der Waals surface area contributed by atoms with Crippen LogP contribution in [-0.4, -0.2) is 19.2 Å². The van der Waals surface area contributed by atoms with Crippen molar-refractivity contribution in [1.29, 1.82) is 0 Å². The first-order valence-electron chi connectivity index (χ1n) is 6.78. The Balaban J connectivity index is 2.06. The number of H-pyrrole nitrogens is 1. The summed E-state index contributed by atoms with van der Waals surface area (Å²) in [5, 5.41) is 12.1. The van der Waals surface area contributed by atoms with Gasteiger partial charge in [0.1, 0.15) is 0 Å². The monoisotopic (exact) mass is 319 g/mol. The molecule has 2 N–H and O–H groups in total. The van der Waals surface area contributed by atoms with E-state index in [4.69, 9.17) is 23.8 Å². The van der Waals surface area contributed by atoms with Crippen LogP contribution >= 0.6 is 23.8 Å². The Labute approximate surface area is 131 Å². The number of aromatic nitrogens is 3. The Hall–Kier alpha value is -1.72. The summed E-state index contributed by atoms with van der Waals surface area (Å²) >= 11 is 11.7. The molecule has 0 saturated carbocycles. The van der Waals surface area contributed by atoms with Gasteiger partial charge in [-0.25, -0.2) is 0 Å². The lowest BCUT2D eigenvalue weighted by Crippen LogP contribution is -2.18. The minimum Gasteiger partial charge on any atom is -0.493 e. The van der Waals surface area contributed by atoms with E-state index in [1.807, 2.05) is 16.7 Å². The van der Waals surface area contributed by atoms with Crippen LogP contribution < -0.4 is 0 Å². The van der Waals surface area contributed by atoms with Crippen molar-refractivity contribution in [3.05, 3.63) is 44.9 Å². The number of aromatic hydroxyl groups is 1. The number of fused-ring (bicyclic) bond motifs is 4. The van der Waals surface area contributed by atoms with Crippen LogP contribution in [0.5, 0.6) is 5.88 Å². The number of nitrogens with zero attached hydrogens (tertiary/aromatic N) is 2. The third-order valence-corrected chi connectivity index (χ3v) is 5.22. The van der Waals surface area contributed by atoms with Crippen molar-refractivity contribution in [3.8, 4) is 5.88 Å². The number of rotatable bonds is 0. The first kappa shape index (κ1) is 13.0. The van der Waals surface area contributed by atoms with E-state index in [0.717, 1.165) is 22.3 Å². The first-order chi connectivity index (χ1) is 10.0. The predicted molar refractivity (Wildman–Crippen MR) is 85.8 cm³/mol. The molecule has 4 nitrogen and oxygen atoms in total. The molecule has 0 unspecified atom stereocenters. The smallest absolute Gasteiger partial charge is 0.213 e. The number of hydrogen-bond acceptors (Lipinski definition) is 2. The fraction of sp³-hybridized carbons (Fsp3) is 0.267. The Kier molecular flexibility index (Phi) is 2.56. The summed E-state index contributed by atoms with van der Waals surface area (Å²) in [5.74, 6) is 0.244. The van der Waals surface area contributed by atoms with E-state index in [2.05, 4.69) is 18.0 Å². The van der Waals surface area contributed by atoms with Crippen molar-refractivity contribution in [2.75, 3.05) is 0 Å². The average Bonchev–Trinajstić information content (AvgIpc) is 2.94. The van der Waals surface area contributed by atoms with Crippen LogP contribution in [0.15, 0.2) is 18.2 Å². The quantitative estimate of drug-likeness (QED) is 0.617. The topological polar surface area (TPSA) is 45.9 Å². The predicted octanol–water partition coefficient (Wildman–Crippen LogP) is 3.91. The minimum atomic E-state index is 0.0480. The third-order valence-electron chi connectivity index (χ3n) is 4.43. The normalized spacial score (nSPS) is 17.0. The number of para-hydroxylation sites is 1. The molecule has 0 fully saturated rings. The van der Waals surface area contributed by atoms with Crippen molar-refractivity contribution >= 4 is 34.7 Å². The molecule has 3 aromatic rings. The summed E-state index contributed by atoms with van der Waals surface area (Å²) in [6, 6.07) is 5.95. The van der Waals surface area contributed by atoms with E-state index in [-0.39, 0.29) is 11.9 Å². The number of aromatic amines is 1. The molecule has 2 aromatic heterocycles. The zero-order chi connectivity index (χ0) is 14.9. The van der Waals surface area contributed by atoms with Gasteiger partial charge >= 0.3 is 0 Å². The molecule has 0 bridgehead atoms. The van der Waals surface area contributed by atoms with Crippen molar-refractivity contribution in [1.82, 2.24) is 14.1 Å². The standard InChI is InChI=1S/C15H14ClN3OS/c1-7-12-9(8-4-3-5-10(16)13(8)17-12)6-11-14(20)18(2)15(21)19(7)11/h3-5,7,17,20H,6H2,1-2H3/t7-/m0/s1. The second-order valence-corrected chi connectivity index (χ2v) is 6.29. The maximum Gasteiger partial charge on any atom is 0.213 e. The Morgan fingerprint density at radius 3 is 2.95 bits per heavy atom. The summed E-state index contributed by atoms with van der Waals surface area (Å²) < 4.78 is 4.30. The molecule has 0 saturated heterocycles. The van der Waals surface area contributed by atoms with Gasteiger partial charge in [0.05, 0.1) is 22.3 Å². The molecule has 0 amide bonds. The largest absolute Gasteiger partial charge is 0.493 e. The van der Waals surface area contributed by atoms with Crippen LogP contribution in [0.1, 0.15) is 29.9 Å². The fourth-order valence-corrected chi connectivity index (χ4v) is 3.91. The molecule has 6 heteroatoms. The van der Waals surface area contributed by atoms with Crippen molar-refractivity contribution in [2.24, 2.45) is 7.05 Å². The molecule has 4 rings (SSSR count). The average molecular weight is 320 g/mol. The Morgan fingerprint density at radius 2 is 2.19 bits per heavy atom. The fourth-order valence-electron chi connectivity index (χ4n) is 3.33. The van der Waals surface area contributed by atoms with Gasteiger partial charge < -0.3 is 14.7 Å². The van der Waals surface area contributed by atoms with E-state index < -0.39 is 0 Å². The molecule has 1 atom stereocenters. The van der Waals surface area contributed by atoms with Crippen LogP contribution in [0.25, 0.3) is 10.9 Å². The van der Waals surface area contributed by atoms with Crippen molar-refractivity contribution in [3.63, 3.8) is 0 Å². The highest BCUT2D eigenvalue weighted by Gasteiger charge is 2.30. The van der Waals surface area contributed by atoms with E-state index in [1.54, 1.807) is 11.6 Å². The van der Waals surface area contributed by atoms with Crippen molar-refractivity contribution in [2.45, 2.75) is 19.4 Å². The SMILES string of the molecule is C[C@H]1c2[nH]c3c(Cl)cccc3c2Cc2c(O)n(C)c(=S)n21. The van der Waals surface area contributed by atoms with Gasteiger partial charge in [0.15, 0.2) is 4.77 Å². The molecule has 1 aliphatic rings. The molecule has 0 radical (unpaired) electrons. The summed E-state index contributed by atoms with van der Waals surface area (Å²) in [6.45, 7) is 2.08. The zero-order valence-corrected chi connectivity index (χ0v) is 13.2. The summed E-state index contributed by atoms with van der Waals surface area (Å²) in [5.41, 5.74) is 4.13. The van der Waals surface area contributed by atoms with Crippen LogP contribution in [0.2, 0.25) is 5.02 Å². The number of imidazole rings is 1. The highest BCUT2D eigenvalue weighted by atomic mass is 35.5. The Bertz CT molecular complexity index is 950. The van der Waals surface area contributed by atoms with Gasteiger partial charge in [0.2, 0.25) is 5.88 Å². The van der Waals surface area contributed by atoms with Crippen LogP contribution in [-0.2, 0) is 13.5 Å². The molecule has 1 aromatic carbocycles. The van der Waals surface area contributed by atoms with Gasteiger partial charge in [-0.05, 0) is 30.8 Å². The molecule has 0 aliphatic carbocycles. The maximum atomic E-state index is 10.3. The lowest BCUT2D eigenvalue weighted by Gasteiger charge is -2.22. The third kappa shape index (κ3) is 1.53. The molecule has 3 heterocycles. The highest BCUT2D eigenvalue weighted by Crippen LogP contribution is 2.40. The van der Waals surface area contributed by atoms with E-state index in [1.165, 1.54) is 5.56 Å². The number of benzene rings is 1. The number of halogens is 1. The number of nitrogens with one attached hydrogen (secondary N) is 1. The second-order valence-electron chi connectivity index (χ2n) is 5.51. The lowest BCUT2D eigenvalue weighted by atomic mass is 9.98. The maximum absolute atomic E-state index is 10.3. The minimum absolute atomic E-state index is 0.0480. The molecule has 1 aliphatic heterocycles. The van der Waals surface area contributed by atoms with Crippen LogP contribution in [0, 0.1) is 4.77 Å². The molecular formula is C15H14ClN3OS. The van der Waals surface area contributed by atoms with Gasteiger partial charge in [-0.3, -0.25) is 4.57 Å². The number of hydrogen-bond donors (Lipinski definition) is 2. The summed E-state index contributed by atoms with van der Waals surface area (Å²) in [6.07, 6.45) is 0.649. The van der Waals surface area contributed by atoms with Crippen LogP contribution in [0.3, 0.4) is 0 Å². The van der Waals surface area contributed by atoms with Crippen molar-refractivity contribution < 1.29 is 5.11 Å². The van der Waals surface area contributed by atoms with E-state index >= 15 is 0 Å². The highest BCUT2D eigenvalue weighted by molar-refractivity contribution is 7.71. The van der Waals surface area contributed by atoms with Gasteiger partial charge in [0, 0.05) is 24.5 Å². The first-order valence-corrected chi connectivity index (χ1v) is 7.57. The lowest BCUT2D eigenvalue weighted by molar-refractivity contribution is 0.423. The van der Waals surface area contributed by atoms with Gasteiger partial charge in [-0.15, -0.1) is 0 Å². The van der Waals surface area contributed by atoms with Gasteiger partial charge in [0.25, 0.3) is 0 Å². The molecule has 108 valence electrons. The molecular weight excluding hydrogens is 306 g/mol. The second kappa shape index (κ2) is 4.15. The van der Waals surface area contributed by atoms with E-state index in [0.29, 0.717) is 16.2 Å². The van der Waals surface area contributed by atoms with Gasteiger partial charge in [-0.2, -0.15) is 0 Å². The summed E-state index contributed by atoms with van der Waals surface area (Å²) in [4.78, 5) is 3.44. The summed E-state index contributed by atoms with van der Waals surface area (Å²) in [7, 11) is 1.79.